The fourth-order valence-corrected chi connectivity index (χ4v) is 2.43. The molecule has 0 fully saturated rings. The van der Waals surface area contributed by atoms with Gasteiger partial charge in [-0.25, -0.2) is 4.39 Å². The van der Waals surface area contributed by atoms with Crippen LogP contribution >= 0.6 is 22.9 Å². The van der Waals surface area contributed by atoms with Gasteiger partial charge in [0.05, 0.1) is 9.72 Å². The van der Waals surface area contributed by atoms with Crippen molar-refractivity contribution in [2.75, 3.05) is 0 Å². The summed E-state index contributed by atoms with van der Waals surface area (Å²) in [6.07, 6.45) is 0. The molecule has 0 saturated heterocycles. The molecule has 3 heteroatoms. The molecule has 76 valence electrons. The SMILES string of the molecule is CC.Cc1cc2cc(F)cc(Cl)c2s1. The number of rotatable bonds is 0. The standard InChI is InChI=1S/C9H6ClFS.C2H6/c1-5-2-6-3-7(11)4-8(10)9(6)12-5;1-2/h2-4H,1H3;1-2H3. The fourth-order valence-electron chi connectivity index (χ4n) is 1.20. The Morgan fingerprint density at radius 2 is 1.86 bits per heavy atom. The number of aryl methyl sites for hydroxylation is 1. The van der Waals surface area contributed by atoms with Gasteiger partial charge in [0.15, 0.2) is 0 Å². The van der Waals surface area contributed by atoms with E-state index >= 15 is 0 Å². The summed E-state index contributed by atoms with van der Waals surface area (Å²) < 4.78 is 13.8. The maximum Gasteiger partial charge on any atom is 0.125 e. The topological polar surface area (TPSA) is 0 Å². The lowest BCUT2D eigenvalue weighted by molar-refractivity contribution is 0.630. The first-order valence-electron chi connectivity index (χ1n) is 4.52. The minimum Gasteiger partial charge on any atom is -0.207 e. The van der Waals surface area contributed by atoms with Crippen molar-refractivity contribution in [3.8, 4) is 0 Å². The molecule has 1 aromatic carbocycles. The highest BCUT2D eigenvalue weighted by molar-refractivity contribution is 7.19. The Labute approximate surface area is 92.3 Å². The number of thiophene rings is 1. The summed E-state index contributed by atoms with van der Waals surface area (Å²) in [5.74, 6) is -0.273. The average molecular weight is 231 g/mol. The maximum absolute atomic E-state index is 12.8. The van der Waals surface area contributed by atoms with Crippen LogP contribution in [0.3, 0.4) is 0 Å². The third-order valence-electron chi connectivity index (χ3n) is 1.66. The first-order valence-corrected chi connectivity index (χ1v) is 5.71. The maximum atomic E-state index is 12.8. The summed E-state index contributed by atoms with van der Waals surface area (Å²) in [4.78, 5) is 1.15. The second-order valence-electron chi connectivity index (χ2n) is 2.66. The molecular weight excluding hydrogens is 219 g/mol. The molecule has 2 aromatic rings. The first-order chi connectivity index (χ1) is 6.66. The molecule has 0 nitrogen and oxygen atoms in total. The van der Waals surface area contributed by atoms with Gasteiger partial charge in [-0.15, -0.1) is 11.3 Å². The molecule has 0 spiro atoms. The molecular formula is C11H12ClFS. The number of fused-ring (bicyclic) bond motifs is 1. The van der Waals surface area contributed by atoms with Gasteiger partial charge in [-0.3, -0.25) is 0 Å². The Kier molecular flexibility index (Phi) is 3.90. The zero-order chi connectivity index (χ0) is 10.7. The van der Waals surface area contributed by atoms with Gasteiger partial charge in [-0.05, 0) is 30.5 Å². The predicted molar refractivity (Wildman–Crippen MR) is 62.9 cm³/mol. The van der Waals surface area contributed by atoms with Crippen molar-refractivity contribution >= 4 is 33.0 Å². The van der Waals surface area contributed by atoms with Crippen LogP contribution in [0.15, 0.2) is 18.2 Å². The molecule has 0 radical (unpaired) electrons. The zero-order valence-electron chi connectivity index (χ0n) is 8.40. The summed E-state index contributed by atoms with van der Waals surface area (Å²) in [6.45, 7) is 5.99. The van der Waals surface area contributed by atoms with Gasteiger partial charge in [0.2, 0.25) is 0 Å². The van der Waals surface area contributed by atoms with Gasteiger partial charge in [0.1, 0.15) is 5.82 Å². The molecule has 0 aliphatic carbocycles. The predicted octanol–water partition coefficient (Wildman–Crippen LogP) is 5.03. The Balaban J connectivity index is 0.000000461. The van der Waals surface area contributed by atoms with E-state index in [1.807, 2.05) is 26.8 Å². The van der Waals surface area contributed by atoms with Gasteiger partial charge >= 0.3 is 0 Å². The molecule has 0 atom stereocenters. The number of halogens is 2. The van der Waals surface area contributed by atoms with E-state index in [1.54, 1.807) is 11.3 Å². The third-order valence-corrected chi connectivity index (χ3v) is 3.17. The molecule has 2 rings (SSSR count). The van der Waals surface area contributed by atoms with E-state index in [4.69, 9.17) is 11.6 Å². The van der Waals surface area contributed by atoms with Crippen molar-refractivity contribution in [2.24, 2.45) is 0 Å². The van der Waals surface area contributed by atoms with E-state index in [1.165, 1.54) is 12.1 Å². The Morgan fingerprint density at radius 1 is 1.21 bits per heavy atom. The molecule has 1 aromatic heterocycles. The van der Waals surface area contributed by atoms with E-state index in [9.17, 15) is 4.39 Å². The van der Waals surface area contributed by atoms with Gasteiger partial charge in [-0.1, -0.05) is 25.4 Å². The molecule has 0 unspecified atom stereocenters. The van der Waals surface area contributed by atoms with Gasteiger partial charge in [-0.2, -0.15) is 0 Å². The first kappa shape index (κ1) is 11.5. The number of hydrogen-bond donors (Lipinski definition) is 0. The summed E-state index contributed by atoms with van der Waals surface area (Å²) in [7, 11) is 0. The van der Waals surface area contributed by atoms with Crippen LogP contribution in [0.5, 0.6) is 0 Å². The molecule has 0 amide bonds. The normalized spacial score (nSPS) is 9.79. The molecule has 14 heavy (non-hydrogen) atoms. The number of benzene rings is 1. The van der Waals surface area contributed by atoms with Crippen LogP contribution < -0.4 is 0 Å². The molecule has 0 N–H and O–H groups in total. The van der Waals surface area contributed by atoms with Crippen molar-refractivity contribution in [1.29, 1.82) is 0 Å². The van der Waals surface area contributed by atoms with Crippen molar-refractivity contribution in [3.05, 3.63) is 33.9 Å². The molecule has 0 aliphatic rings. The summed E-state index contributed by atoms with van der Waals surface area (Å²) in [5.41, 5.74) is 0. The second kappa shape index (κ2) is 4.76. The van der Waals surface area contributed by atoms with E-state index < -0.39 is 0 Å². The van der Waals surface area contributed by atoms with E-state index in [0.717, 1.165) is 15.0 Å². The minimum absolute atomic E-state index is 0.273. The zero-order valence-corrected chi connectivity index (χ0v) is 9.97. The van der Waals surface area contributed by atoms with Crippen molar-refractivity contribution in [2.45, 2.75) is 20.8 Å². The van der Waals surface area contributed by atoms with Crippen LogP contribution in [0.4, 0.5) is 4.39 Å². The second-order valence-corrected chi connectivity index (χ2v) is 4.33. The Bertz CT molecular complexity index is 434. The van der Waals surface area contributed by atoms with Crippen molar-refractivity contribution in [1.82, 2.24) is 0 Å². The molecule has 1 heterocycles. The monoisotopic (exact) mass is 230 g/mol. The smallest absolute Gasteiger partial charge is 0.125 e. The van der Waals surface area contributed by atoms with Gasteiger partial charge < -0.3 is 0 Å². The highest BCUT2D eigenvalue weighted by Gasteiger charge is 2.04. The van der Waals surface area contributed by atoms with Crippen LogP contribution in [-0.2, 0) is 0 Å². The van der Waals surface area contributed by atoms with Crippen LogP contribution in [0.1, 0.15) is 18.7 Å². The Hall–Kier alpha value is -0.600. The summed E-state index contributed by atoms with van der Waals surface area (Å²) in [5, 5.41) is 1.39. The Morgan fingerprint density at radius 3 is 2.50 bits per heavy atom. The third kappa shape index (κ3) is 2.25. The highest BCUT2D eigenvalue weighted by Crippen LogP contribution is 2.32. The van der Waals surface area contributed by atoms with Crippen LogP contribution in [-0.4, -0.2) is 0 Å². The lowest BCUT2D eigenvalue weighted by atomic mass is 10.2. The van der Waals surface area contributed by atoms with Crippen LogP contribution in [0, 0.1) is 12.7 Å². The lowest BCUT2D eigenvalue weighted by Gasteiger charge is -1.92. The largest absolute Gasteiger partial charge is 0.207 e. The van der Waals surface area contributed by atoms with Gasteiger partial charge in [0.25, 0.3) is 0 Å². The lowest BCUT2D eigenvalue weighted by Crippen LogP contribution is -1.72. The summed E-state index contributed by atoms with van der Waals surface area (Å²) in [6, 6.07) is 4.79. The highest BCUT2D eigenvalue weighted by atomic mass is 35.5. The minimum atomic E-state index is -0.273. The van der Waals surface area contributed by atoms with Crippen molar-refractivity contribution in [3.63, 3.8) is 0 Å². The van der Waals surface area contributed by atoms with E-state index in [0.29, 0.717) is 5.02 Å². The number of hydrogen-bond acceptors (Lipinski definition) is 1. The fraction of sp³-hybridized carbons (Fsp3) is 0.273. The summed E-state index contributed by atoms with van der Waals surface area (Å²) >= 11 is 7.43. The van der Waals surface area contributed by atoms with Crippen molar-refractivity contribution < 1.29 is 4.39 Å². The van der Waals surface area contributed by atoms with E-state index in [2.05, 4.69) is 0 Å². The molecule has 0 saturated carbocycles. The average Bonchev–Trinajstić information content (AvgIpc) is 2.49. The van der Waals surface area contributed by atoms with E-state index in [-0.39, 0.29) is 5.82 Å². The van der Waals surface area contributed by atoms with Gasteiger partial charge in [0, 0.05) is 4.88 Å². The van der Waals surface area contributed by atoms with Crippen LogP contribution in [0.2, 0.25) is 5.02 Å². The quantitative estimate of drug-likeness (QED) is 0.596. The van der Waals surface area contributed by atoms with Crippen LogP contribution in [0.25, 0.3) is 10.1 Å². The molecule has 0 aliphatic heterocycles. The molecule has 0 bridgehead atoms.